The Bertz CT molecular complexity index is 591. The summed E-state index contributed by atoms with van der Waals surface area (Å²) in [4.78, 5) is 20.2. The summed E-state index contributed by atoms with van der Waals surface area (Å²) >= 11 is 3.20. The van der Waals surface area contributed by atoms with Crippen LogP contribution < -0.4 is 10.6 Å². The molecular weight excluding hydrogens is 344 g/mol. The number of piperidine rings is 1. The molecule has 6 heteroatoms. The molecule has 1 aliphatic heterocycles. The van der Waals surface area contributed by atoms with Crippen molar-refractivity contribution in [2.45, 2.75) is 19.3 Å². The predicted molar refractivity (Wildman–Crippen MR) is 88.1 cm³/mol. The van der Waals surface area contributed by atoms with Crippen LogP contribution in [0, 0.1) is 11.8 Å². The zero-order valence-electron chi connectivity index (χ0n) is 12.3. The molecule has 1 amide bonds. The quantitative estimate of drug-likeness (QED) is 0.866. The molecule has 116 valence electrons. The van der Waals surface area contributed by atoms with Gasteiger partial charge in [0.25, 0.3) is 5.91 Å². The van der Waals surface area contributed by atoms with Crippen molar-refractivity contribution >= 4 is 21.8 Å². The van der Waals surface area contributed by atoms with Crippen LogP contribution in [0.15, 0.2) is 40.9 Å². The third-order valence-electron chi connectivity index (χ3n) is 4.18. The van der Waals surface area contributed by atoms with E-state index in [1.54, 1.807) is 0 Å². The number of nitrogens with zero attached hydrogens (tertiary/aromatic N) is 2. The highest BCUT2D eigenvalue weighted by molar-refractivity contribution is 9.10. The van der Waals surface area contributed by atoms with Crippen molar-refractivity contribution < 1.29 is 4.79 Å². The monoisotopic (exact) mass is 362 g/mol. The van der Waals surface area contributed by atoms with Gasteiger partial charge in [0.2, 0.25) is 0 Å². The second-order valence-electron chi connectivity index (χ2n) is 5.70. The lowest BCUT2D eigenvalue weighted by molar-refractivity contribution is 0.0961. The van der Waals surface area contributed by atoms with Crippen molar-refractivity contribution in [1.29, 1.82) is 0 Å². The van der Waals surface area contributed by atoms with E-state index in [0.29, 0.717) is 22.1 Å². The Labute approximate surface area is 138 Å². The number of aromatic nitrogens is 2. The zero-order chi connectivity index (χ0) is 15.4. The molecule has 2 aliphatic rings. The molecule has 0 spiro atoms. The summed E-state index contributed by atoms with van der Waals surface area (Å²) < 4.78 is 0.616. The maximum absolute atomic E-state index is 12.1. The lowest BCUT2D eigenvalue weighted by Gasteiger charge is -2.30. The van der Waals surface area contributed by atoms with E-state index in [1.165, 1.54) is 25.2 Å². The Hall–Kier alpha value is -1.53. The number of carbonyl (C=O) groups excluding carboxylic acids is 1. The first kappa shape index (κ1) is 15.4. The minimum atomic E-state index is -0.228. The lowest BCUT2D eigenvalue weighted by Crippen LogP contribution is -2.34. The third-order valence-corrected chi connectivity index (χ3v) is 4.59. The van der Waals surface area contributed by atoms with Gasteiger partial charge in [-0.15, -0.1) is 0 Å². The highest BCUT2D eigenvalue weighted by Gasteiger charge is 2.22. The number of allylic oxidation sites excluding steroid dienone is 3. The van der Waals surface area contributed by atoms with Gasteiger partial charge in [-0.3, -0.25) is 4.79 Å². The Morgan fingerprint density at radius 1 is 1.36 bits per heavy atom. The first-order valence-electron chi connectivity index (χ1n) is 7.60. The molecule has 22 heavy (non-hydrogen) atoms. The van der Waals surface area contributed by atoms with Crippen molar-refractivity contribution in [3.8, 4) is 0 Å². The maximum atomic E-state index is 12.1. The first-order chi connectivity index (χ1) is 10.7. The molecule has 1 saturated heterocycles. The smallest absolute Gasteiger partial charge is 0.275 e. The molecule has 0 radical (unpaired) electrons. The van der Waals surface area contributed by atoms with Crippen molar-refractivity contribution in [2.75, 3.05) is 13.1 Å². The summed E-state index contributed by atoms with van der Waals surface area (Å²) in [5.74, 6) is 1.05. The highest BCUT2D eigenvalue weighted by Crippen LogP contribution is 2.27. The fourth-order valence-corrected chi connectivity index (χ4v) is 3.15. The van der Waals surface area contributed by atoms with Crippen LogP contribution in [0.2, 0.25) is 0 Å². The normalized spacial score (nSPS) is 24.7. The number of hydrogen-bond donors (Lipinski definition) is 2. The zero-order valence-corrected chi connectivity index (χ0v) is 13.8. The number of carbonyl (C=O) groups is 1. The summed E-state index contributed by atoms with van der Waals surface area (Å²) in [7, 11) is 0. The van der Waals surface area contributed by atoms with Crippen LogP contribution in [0.3, 0.4) is 0 Å². The molecule has 1 fully saturated rings. The summed E-state index contributed by atoms with van der Waals surface area (Å²) in [5, 5.41) is 6.34. The van der Waals surface area contributed by atoms with Crippen LogP contribution in [0.4, 0.5) is 0 Å². The van der Waals surface area contributed by atoms with E-state index < -0.39 is 0 Å². The molecule has 2 heterocycles. The van der Waals surface area contributed by atoms with E-state index in [-0.39, 0.29) is 5.91 Å². The SMILES string of the molecule is O=C(NC1=CCC([C@@H]2CCCNC2)C=C1)c1cnc(Br)cn1. The number of rotatable bonds is 3. The lowest BCUT2D eigenvalue weighted by atomic mass is 9.82. The fraction of sp³-hybridized carbons (Fsp3) is 0.438. The van der Waals surface area contributed by atoms with Gasteiger partial charge in [0.1, 0.15) is 10.3 Å². The van der Waals surface area contributed by atoms with E-state index in [2.05, 4.69) is 48.7 Å². The van der Waals surface area contributed by atoms with Crippen LogP contribution in [0.5, 0.6) is 0 Å². The van der Waals surface area contributed by atoms with Gasteiger partial charge in [0.05, 0.1) is 12.4 Å². The van der Waals surface area contributed by atoms with Crippen molar-refractivity contribution in [3.05, 3.63) is 46.6 Å². The van der Waals surface area contributed by atoms with E-state index in [0.717, 1.165) is 25.2 Å². The second-order valence-corrected chi connectivity index (χ2v) is 6.52. The number of nitrogens with one attached hydrogen (secondary N) is 2. The van der Waals surface area contributed by atoms with Crippen LogP contribution in [-0.2, 0) is 0 Å². The average Bonchev–Trinajstić information content (AvgIpc) is 2.57. The third kappa shape index (κ3) is 3.81. The summed E-state index contributed by atoms with van der Waals surface area (Å²) in [5.41, 5.74) is 1.16. The van der Waals surface area contributed by atoms with Gasteiger partial charge >= 0.3 is 0 Å². The number of amides is 1. The summed E-state index contributed by atoms with van der Waals surface area (Å²) in [6.07, 6.45) is 12.8. The highest BCUT2D eigenvalue weighted by atomic mass is 79.9. The molecule has 0 bridgehead atoms. The van der Waals surface area contributed by atoms with E-state index in [1.807, 2.05) is 6.08 Å². The topological polar surface area (TPSA) is 66.9 Å². The number of hydrogen-bond acceptors (Lipinski definition) is 4. The second kappa shape index (κ2) is 7.15. The van der Waals surface area contributed by atoms with Crippen molar-refractivity contribution in [2.24, 2.45) is 11.8 Å². The Kier molecular flexibility index (Phi) is 5.00. The number of halogens is 1. The molecule has 2 atom stereocenters. The average molecular weight is 363 g/mol. The van der Waals surface area contributed by atoms with Crippen molar-refractivity contribution in [3.63, 3.8) is 0 Å². The fourth-order valence-electron chi connectivity index (χ4n) is 2.95. The molecule has 0 aromatic carbocycles. The van der Waals surface area contributed by atoms with E-state index in [4.69, 9.17) is 0 Å². The first-order valence-corrected chi connectivity index (χ1v) is 8.39. The summed E-state index contributed by atoms with van der Waals surface area (Å²) in [6, 6.07) is 0. The van der Waals surface area contributed by atoms with Gasteiger partial charge in [0.15, 0.2) is 0 Å². The molecule has 1 unspecified atom stereocenters. The Morgan fingerprint density at radius 2 is 2.27 bits per heavy atom. The minimum absolute atomic E-state index is 0.228. The van der Waals surface area contributed by atoms with Gasteiger partial charge in [-0.2, -0.15) is 0 Å². The van der Waals surface area contributed by atoms with Gasteiger partial charge in [-0.05, 0) is 66.2 Å². The molecule has 2 N–H and O–H groups in total. The standard InChI is InChI=1S/C16H19BrN4O/c17-15-10-19-14(9-20-15)16(22)21-13-5-3-11(4-6-13)12-2-1-7-18-8-12/h3,5-6,9-12,18H,1-2,4,7-8H2,(H,21,22)/t11?,12-/m1/s1. The van der Waals surface area contributed by atoms with Gasteiger partial charge in [-0.25, -0.2) is 9.97 Å². The largest absolute Gasteiger partial charge is 0.321 e. The van der Waals surface area contributed by atoms with Gasteiger partial charge in [-0.1, -0.05) is 12.2 Å². The Balaban J connectivity index is 1.56. The van der Waals surface area contributed by atoms with Gasteiger partial charge in [0, 0.05) is 5.70 Å². The van der Waals surface area contributed by atoms with Crippen LogP contribution in [0.25, 0.3) is 0 Å². The molecule has 0 saturated carbocycles. The summed E-state index contributed by atoms with van der Waals surface area (Å²) in [6.45, 7) is 2.23. The van der Waals surface area contributed by atoms with Crippen molar-refractivity contribution in [1.82, 2.24) is 20.6 Å². The molecule has 1 aromatic heterocycles. The van der Waals surface area contributed by atoms with E-state index in [9.17, 15) is 4.79 Å². The maximum Gasteiger partial charge on any atom is 0.275 e. The van der Waals surface area contributed by atoms with Crippen LogP contribution in [0.1, 0.15) is 29.8 Å². The van der Waals surface area contributed by atoms with Crippen LogP contribution in [-0.4, -0.2) is 29.0 Å². The molecule has 5 nitrogen and oxygen atoms in total. The molecule has 3 rings (SSSR count). The van der Waals surface area contributed by atoms with E-state index >= 15 is 0 Å². The molecular formula is C16H19BrN4O. The van der Waals surface area contributed by atoms with Crippen LogP contribution >= 0.6 is 15.9 Å². The predicted octanol–water partition coefficient (Wildman–Crippen LogP) is 2.43. The minimum Gasteiger partial charge on any atom is -0.321 e. The molecule has 1 aliphatic carbocycles. The Morgan fingerprint density at radius 3 is 2.91 bits per heavy atom. The molecule has 1 aromatic rings. The van der Waals surface area contributed by atoms with Gasteiger partial charge < -0.3 is 10.6 Å².